The molecule has 0 saturated carbocycles. The molecule has 0 bridgehead atoms. The Balaban J connectivity index is 1.38. The molecule has 4 atom stereocenters. The summed E-state index contributed by atoms with van der Waals surface area (Å²) in [4.78, 5) is 63.1. The van der Waals surface area contributed by atoms with Gasteiger partial charge in [-0.15, -0.1) is 0 Å². The molecule has 11 nitrogen and oxygen atoms in total. The lowest BCUT2D eigenvalue weighted by Gasteiger charge is -2.28. The predicted octanol–water partition coefficient (Wildman–Crippen LogP) is 2.67. The van der Waals surface area contributed by atoms with E-state index in [-0.39, 0.29) is 35.2 Å². The predicted molar refractivity (Wildman–Crippen MR) is 150 cm³/mol. The monoisotopic (exact) mass is 620 g/mol. The normalized spacial score (nSPS) is 21.6. The van der Waals surface area contributed by atoms with Crippen LogP contribution >= 0.6 is 11.6 Å². The number of nitrogens with zero attached hydrogens (tertiary/aromatic N) is 1. The molecule has 0 aromatic heterocycles. The molecule has 43 heavy (non-hydrogen) atoms. The second-order valence-corrected chi connectivity index (χ2v) is 10.8. The minimum Gasteiger partial charge on any atom is -0.433 e. The van der Waals surface area contributed by atoms with Gasteiger partial charge >= 0.3 is 5.97 Å². The number of anilines is 1. The van der Waals surface area contributed by atoms with Gasteiger partial charge in [-0.2, -0.15) is 0 Å². The number of nitrogens with one attached hydrogen (secondary N) is 3. The summed E-state index contributed by atoms with van der Waals surface area (Å²) < 4.78 is 39.8. The lowest BCUT2D eigenvalue weighted by Crippen LogP contribution is -2.54. The Hall–Kier alpha value is -4.10. The maximum absolute atomic E-state index is 14.5. The van der Waals surface area contributed by atoms with Crippen molar-refractivity contribution in [3.8, 4) is 0 Å². The third-order valence-electron chi connectivity index (χ3n) is 6.92. The van der Waals surface area contributed by atoms with E-state index < -0.39 is 67.0 Å². The highest BCUT2D eigenvalue weighted by molar-refractivity contribution is 6.34. The molecule has 4 amide bonds. The number of cyclic esters (lactones) is 1. The van der Waals surface area contributed by atoms with Crippen LogP contribution in [0.1, 0.15) is 42.6 Å². The largest absolute Gasteiger partial charge is 0.433 e. The van der Waals surface area contributed by atoms with Crippen molar-refractivity contribution in [3.05, 3.63) is 64.7 Å². The van der Waals surface area contributed by atoms with Crippen LogP contribution in [0.25, 0.3) is 0 Å². The van der Waals surface area contributed by atoms with Gasteiger partial charge in [-0.05, 0) is 37.1 Å². The minimum atomic E-state index is -3.36. The number of rotatable bonds is 10. The Morgan fingerprint density at radius 1 is 1.16 bits per heavy atom. The molecule has 0 aliphatic carbocycles. The Morgan fingerprint density at radius 3 is 2.56 bits per heavy atom. The van der Waals surface area contributed by atoms with Crippen LogP contribution in [0, 0.1) is 0 Å². The van der Waals surface area contributed by atoms with E-state index in [4.69, 9.17) is 21.1 Å². The van der Waals surface area contributed by atoms with E-state index in [1.54, 1.807) is 0 Å². The summed E-state index contributed by atoms with van der Waals surface area (Å²) in [6.45, 7) is 1.75. The lowest BCUT2D eigenvalue weighted by atomic mass is 10.1. The topological polar surface area (TPSA) is 143 Å². The van der Waals surface area contributed by atoms with E-state index in [1.165, 1.54) is 32.0 Å². The average molecular weight is 621 g/mol. The number of esters is 1. The molecule has 2 fully saturated rings. The van der Waals surface area contributed by atoms with Crippen molar-refractivity contribution in [2.45, 2.75) is 63.4 Å². The number of alkyl halides is 2. The van der Waals surface area contributed by atoms with Gasteiger partial charge in [-0.25, -0.2) is 8.78 Å². The van der Waals surface area contributed by atoms with E-state index in [0.717, 1.165) is 10.5 Å². The van der Waals surface area contributed by atoms with Crippen molar-refractivity contribution in [2.75, 3.05) is 18.5 Å². The van der Waals surface area contributed by atoms with Gasteiger partial charge in [0.1, 0.15) is 18.1 Å². The molecule has 230 valence electrons. The molecule has 2 heterocycles. The number of hydrogen-bond donors (Lipinski definition) is 3. The SMILES string of the molecule is CC(=O)Nc1ccc(C(=O)NC(C)C(=O)N2CC(F)(F)CC2C(=O)NC2CC(=O)OC2OCCc2ccccc2)cc1Cl. The Bertz CT molecular complexity index is 1390. The van der Waals surface area contributed by atoms with Gasteiger partial charge in [0.05, 0.1) is 30.3 Å². The number of halogens is 3. The van der Waals surface area contributed by atoms with Crippen molar-refractivity contribution < 1.29 is 42.2 Å². The number of carbonyl (C=O) groups excluding carboxylic acids is 5. The van der Waals surface area contributed by atoms with Gasteiger partial charge < -0.3 is 30.3 Å². The number of hydrogen-bond acceptors (Lipinski definition) is 7. The summed E-state index contributed by atoms with van der Waals surface area (Å²) in [7, 11) is 0. The minimum absolute atomic E-state index is 0.0593. The van der Waals surface area contributed by atoms with Crippen molar-refractivity contribution in [2.24, 2.45) is 0 Å². The summed E-state index contributed by atoms with van der Waals surface area (Å²) in [6, 6.07) is 9.68. The standard InChI is InChI=1S/C29H31ClF2N4O7/c1-16(33-25(39)19-8-9-21(20(30)12-19)34-17(2)37)27(41)36-15-29(31,32)14-23(36)26(40)35-22-13-24(38)43-28(22)42-11-10-18-6-4-3-5-7-18/h3-9,12,16,22-23,28H,10-11,13-15H2,1-2H3,(H,33,39)(H,34,37)(H,35,40). The lowest BCUT2D eigenvalue weighted by molar-refractivity contribution is -0.165. The van der Waals surface area contributed by atoms with E-state index in [1.807, 2.05) is 30.3 Å². The summed E-state index contributed by atoms with van der Waals surface area (Å²) in [5.74, 6) is -6.87. The first kappa shape index (κ1) is 31.8. The van der Waals surface area contributed by atoms with Gasteiger partial charge in [0.15, 0.2) is 0 Å². The van der Waals surface area contributed by atoms with Crippen LogP contribution in [-0.4, -0.2) is 78.0 Å². The first-order valence-corrected chi connectivity index (χ1v) is 13.9. The van der Waals surface area contributed by atoms with Gasteiger partial charge in [-0.3, -0.25) is 24.0 Å². The molecule has 0 radical (unpaired) electrons. The first-order chi connectivity index (χ1) is 20.3. The zero-order chi connectivity index (χ0) is 31.3. The molecule has 2 saturated heterocycles. The molecule has 14 heteroatoms. The van der Waals surface area contributed by atoms with Crippen molar-refractivity contribution in [3.63, 3.8) is 0 Å². The molecule has 3 N–H and O–H groups in total. The summed E-state index contributed by atoms with van der Waals surface area (Å²) >= 11 is 6.11. The van der Waals surface area contributed by atoms with Crippen LogP contribution in [0.2, 0.25) is 5.02 Å². The number of amides is 4. The fourth-order valence-corrected chi connectivity index (χ4v) is 5.07. The zero-order valence-electron chi connectivity index (χ0n) is 23.4. The molecule has 2 aliphatic heterocycles. The van der Waals surface area contributed by atoms with Crippen LogP contribution in [0.5, 0.6) is 0 Å². The first-order valence-electron chi connectivity index (χ1n) is 13.5. The number of likely N-dealkylation sites (tertiary alicyclic amines) is 1. The van der Waals surface area contributed by atoms with Crippen LogP contribution in [0.4, 0.5) is 14.5 Å². The highest BCUT2D eigenvalue weighted by Gasteiger charge is 2.51. The number of ether oxygens (including phenoxy) is 2. The second-order valence-electron chi connectivity index (χ2n) is 10.4. The molecular weight excluding hydrogens is 590 g/mol. The molecule has 4 rings (SSSR count). The summed E-state index contributed by atoms with van der Waals surface area (Å²) in [5.41, 5.74) is 1.33. The van der Waals surface area contributed by atoms with Gasteiger partial charge in [0, 0.05) is 18.9 Å². The molecule has 2 aromatic carbocycles. The third kappa shape index (κ3) is 8.26. The molecule has 4 unspecified atom stereocenters. The van der Waals surface area contributed by atoms with Gasteiger partial charge in [-0.1, -0.05) is 41.9 Å². The quantitative estimate of drug-likeness (QED) is 0.347. The zero-order valence-corrected chi connectivity index (χ0v) is 24.2. The highest BCUT2D eigenvalue weighted by Crippen LogP contribution is 2.33. The van der Waals surface area contributed by atoms with E-state index in [9.17, 15) is 32.8 Å². The summed E-state index contributed by atoms with van der Waals surface area (Å²) in [5, 5.41) is 7.54. The molecule has 2 aliphatic rings. The second kappa shape index (κ2) is 13.5. The smallest absolute Gasteiger partial charge is 0.310 e. The fourth-order valence-electron chi connectivity index (χ4n) is 4.84. The Labute approximate surface area is 251 Å². The molecular formula is C29H31ClF2N4O7. The van der Waals surface area contributed by atoms with Gasteiger partial charge in [0.25, 0.3) is 11.8 Å². The van der Waals surface area contributed by atoms with Crippen LogP contribution in [-0.2, 0) is 35.1 Å². The van der Waals surface area contributed by atoms with Crippen LogP contribution < -0.4 is 16.0 Å². The van der Waals surface area contributed by atoms with Crippen molar-refractivity contribution >= 4 is 46.9 Å². The highest BCUT2D eigenvalue weighted by atomic mass is 35.5. The number of carbonyl (C=O) groups is 5. The molecule has 0 spiro atoms. The fraction of sp³-hybridized carbons (Fsp3) is 0.414. The van der Waals surface area contributed by atoms with Gasteiger partial charge in [0.2, 0.25) is 24.0 Å². The molecule has 2 aromatic rings. The van der Waals surface area contributed by atoms with Crippen molar-refractivity contribution in [1.82, 2.24) is 15.5 Å². The average Bonchev–Trinajstić information content (AvgIpc) is 3.47. The van der Waals surface area contributed by atoms with Crippen molar-refractivity contribution in [1.29, 1.82) is 0 Å². The Morgan fingerprint density at radius 2 is 1.88 bits per heavy atom. The maximum Gasteiger partial charge on any atom is 0.310 e. The number of benzene rings is 2. The van der Waals surface area contributed by atoms with Crippen LogP contribution in [0.3, 0.4) is 0 Å². The van der Waals surface area contributed by atoms with E-state index >= 15 is 0 Å². The maximum atomic E-state index is 14.5. The van der Waals surface area contributed by atoms with E-state index in [2.05, 4.69) is 16.0 Å². The Kier molecular flexibility index (Phi) is 9.97. The summed E-state index contributed by atoms with van der Waals surface area (Å²) in [6.07, 6.45) is -1.77. The van der Waals surface area contributed by atoms with E-state index in [0.29, 0.717) is 6.42 Å². The van der Waals surface area contributed by atoms with Crippen LogP contribution in [0.15, 0.2) is 48.5 Å². The third-order valence-corrected chi connectivity index (χ3v) is 7.23.